The number of hydrogen-bond donors (Lipinski definition) is 1. The van der Waals surface area contributed by atoms with Crippen LogP contribution in [0, 0.1) is 0 Å². The van der Waals surface area contributed by atoms with Crippen molar-refractivity contribution in [1.29, 1.82) is 0 Å². The maximum absolute atomic E-state index is 9.11. The van der Waals surface area contributed by atoms with Crippen LogP contribution in [0.4, 0.5) is 0 Å². The van der Waals surface area contributed by atoms with Crippen molar-refractivity contribution >= 4 is 18.9 Å². The minimum atomic E-state index is -1.44. The van der Waals surface area contributed by atoms with Crippen LogP contribution in [0.15, 0.2) is 0 Å². The van der Waals surface area contributed by atoms with Crippen LogP contribution >= 0.6 is 18.9 Å². The van der Waals surface area contributed by atoms with Crippen molar-refractivity contribution in [3.05, 3.63) is 0 Å². The van der Waals surface area contributed by atoms with Gasteiger partial charge < -0.3 is 4.89 Å². The summed E-state index contributed by atoms with van der Waals surface area (Å²) in [6, 6.07) is 0.627. The van der Waals surface area contributed by atoms with E-state index in [1.807, 2.05) is 32.4 Å². The van der Waals surface area contributed by atoms with Gasteiger partial charge in [0.2, 0.25) is 7.65 Å². The highest BCUT2D eigenvalue weighted by Gasteiger charge is 2.19. The smallest absolute Gasteiger partial charge is 0.204 e. The Hall–Kier alpha value is 0.640. The zero-order valence-corrected chi connectivity index (χ0v) is 8.52. The second-order valence-corrected chi connectivity index (χ2v) is 4.66. The molecule has 0 amide bonds. The zero-order chi connectivity index (χ0) is 8.31. The molecule has 0 aromatic rings. The molecule has 0 aliphatic carbocycles. The average Bonchev–Trinajstić information content (AvgIpc) is 1.59. The Morgan fingerprint density at radius 3 is 1.50 bits per heavy atom. The van der Waals surface area contributed by atoms with Gasteiger partial charge in [-0.3, -0.25) is 0 Å². The fourth-order valence-corrected chi connectivity index (χ4v) is 2.79. The summed E-state index contributed by atoms with van der Waals surface area (Å²) in [5.74, 6) is 0. The van der Waals surface area contributed by atoms with E-state index in [0.717, 1.165) is 0 Å². The lowest BCUT2D eigenvalue weighted by atomic mass is 10.3. The highest BCUT2D eigenvalue weighted by molar-refractivity contribution is 7.77. The van der Waals surface area contributed by atoms with Gasteiger partial charge in [-0.2, -0.15) is 0 Å². The molecule has 0 radical (unpaired) electrons. The van der Waals surface area contributed by atoms with E-state index in [1.165, 1.54) is 0 Å². The summed E-state index contributed by atoms with van der Waals surface area (Å²) in [6.07, 6.45) is 0. The molecule has 0 heterocycles. The van der Waals surface area contributed by atoms with Crippen LogP contribution in [0.3, 0.4) is 0 Å². The van der Waals surface area contributed by atoms with E-state index in [0.29, 0.717) is 12.1 Å². The van der Waals surface area contributed by atoms with Crippen LogP contribution < -0.4 is 0 Å². The van der Waals surface area contributed by atoms with E-state index in [4.69, 9.17) is 16.1 Å². The standard InChI is InChI=1S/C6H15ClNOP/c1-5(2)8(6(3)4)10(7)9/h5-6,9H,1-4H3. The molecule has 62 valence electrons. The molecule has 1 N–H and O–H groups in total. The number of hydrogen-bond acceptors (Lipinski definition) is 2. The highest BCUT2D eigenvalue weighted by atomic mass is 35.7. The van der Waals surface area contributed by atoms with Gasteiger partial charge in [0.25, 0.3) is 0 Å². The molecule has 0 saturated heterocycles. The van der Waals surface area contributed by atoms with E-state index in [1.54, 1.807) is 0 Å². The molecule has 0 fully saturated rings. The van der Waals surface area contributed by atoms with Crippen molar-refractivity contribution in [3.63, 3.8) is 0 Å². The molecule has 0 aliphatic rings. The van der Waals surface area contributed by atoms with Crippen LogP contribution in [0.25, 0.3) is 0 Å². The molecule has 0 aromatic heterocycles. The summed E-state index contributed by atoms with van der Waals surface area (Å²) in [5, 5.41) is 0. The monoisotopic (exact) mass is 183 g/mol. The Morgan fingerprint density at radius 2 is 1.50 bits per heavy atom. The van der Waals surface area contributed by atoms with Crippen LogP contribution in [0.5, 0.6) is 0 Å². The molecule has 0 spiro atoms. The molecule has 10 heavy (non-hydrogen) atoms. The number of rotatable bonds is 3. The maximum Gasteiger partial charge on any atom is 0.204 e. The lowest BCUT2D eigenvalue weighted by Gasteiger charge is -2.30. The van der Waals surface area contributed by atoms with Crippen molar-refractivity contribution in [1.82, 2.24) is 4.67 Å². The Labute approximate surface area is 68.9 Å². The first-order valence-corrected chi connectivity index (χ1v) is 5.55. The summed E-state index contributed by atoms with van der Waals surface area (Å²) >= 11 is 5.58. The van der Waals surface area contributed by atoms with Gasteiger partial charge in [-0.05, 0) is 38.9 Å². The van der Waals surface area contributed by atoms with E-state index in [9.17, 15) is 0 Å². The van der Waals surface area contributed by atoms with Gasteiger partial charge in [-0.15, -0.1) is 0 Å². The van der Waals surface area contributed by atoms with Gasteiger partial charge >= 0.3 is 0 Å². The molecule has 0 bridgehead atoms. The van der Waals surface area contributed by atoms with E-state index in [2.05, 4.69) is 0 Å². The summed E-state index contributed by atoms with van der Waals surface area (Å²) in [4.78, 5) is 9.11. The Bertz CT molecular complexity index is 78.7. The van der Waals surface area contributed by atoms with E-state index >= 15 is 0 Å². The molecule has 1 atom stereocenters. The number of nitrogens with zero attached hydrogens (tertiary/aromatic N) is 1. The molecule has 4 heteroatoms. The van der Waals surface area contributed by atoms with Gasteiger partial charge in [-0.25, -0.2) is 4.67 Å². The first-order chi connectivity index (χ1) is 4.46. The number of halogens is 1. The molecule has 0 rings (SSSR count). The minimum Gasteiger partial charge on any atom is -0.347 e. The third-order valence-electron chi connectivity index (χ3n) is 1.25. The quantitative estimate of drug-likeness (QED) is 0.680. The highest BCUT2D eigenvalue weighted by Crippen LogP contribution is 2.43. The Morgan fingerprint density at radius 1 is 1.20 bits per heavy atom. The first kappa shape index (κ1) is 10.6. The van der Waals surface area contributed by atoms with Crippen LogP contribution in [0.1, 0.15) is 27.7 Å². The lowest BCUT2D eigenvalue weighted by Crippen LogP contribution is -2.30. The van der Waals surface area contributed by atoms with Gasteiger partial charge in [0.05, 0.1) is 0 Å². The summed E-state index contributed by atoms with van der Waals surface area (Å²) < 4.78 is 1.89. The first-order valence-electron chi connectivity index (χ1n) is 3.39. The molecule has 0 aromatic carbocycles. The molecule has 2 nitrogen and oxygen atoms in total. The van der Waals surface area contributed by atoms with E-state index < -0.39 is 7.65 Å². The van der Waals surface area contributed by atoms with Crippen molar-refractivity contribution in [2.45, 2.75) is 39.8 Å². The van der Waals surface area contributed by atoms with Crippen LogP contribution in [0.2, 0.25) is 0 Å². The van der Waals surface area contributed by atoms with E-state index in [-0.39, 0.29) is 0 Å². The van der Waals surface area contributed by atoms with Gasteiger partial charge in [-0.1, -0.05) is 0 Å². The molecular formula is C6H15ClNOP. The topological polar surface area (TPSA) is 23.5 Å². The van der Waals surface area contributed by atoms with Crippen molar-refractivity contribution in [2.75, 3.05) is 0 Å². The Kier molecular flexibility index (Phi) is 4.79. The normalized spacial score (nSPS) is 15.3. The third-order valence-corrected chi connectivity index (χ3v) is 3.08. The lowest BCUT2D eigenvalue weighted by molar-refractivity contribution is 0.304. The predicted octanol–water partition coefficient (Wildman–Crippen LogP) is 2.56. The van der Waals surface area contributed by atoms with Crippen molar-refractivity contribution in [2.24, 2.45) is 0 Å². The predicted molar refractivity (Wildman–Crippen MR) is 47.1 cm³/mol. The zero-order valence-electron chi connectivity index (χ0n) is 6.87. The van der Waals surface area contributed by atoms with Gasteiger partial charge in [0, 0.05) is 12.1 Å². The Balaban J connectivity index is 3.98. The van der Waals surface area contributed by atoms with Crippen LogP contribution in [-0.2, 0) is 0 Å². The minimum absolute atomic E-state index is 0.314. The second kappa shape index (κ2) is 4.50. The van der Waals surface area contributed by atoms with Crippen molar-refractivity contribution in [3.8, 4) is 0 Å². The molecule has 0 aliphatic heterocycles. The summed E-state index contributed by atoms with van der Waals surface area (Å²) in [5.41, 5.74) is 0. The summed E-state index contributed by atoms with van der Waals surface area (Å²) in [7, 11) is -1.44. The van der Waals surface area contributed by atoms with Crippen LogP contribution in [-0.4, -0.2) is 21.6 Å². The molecular weight excluding hydrogens is 168 g/mol. The fraction of sp³-hybridized carbons (Fsp3) is 1.00. The summed E-state index contributed by atoms with van der Waals surface area (Å²) in [6.45, 7) is 8.09. The largest absolute Gasteiger partial charge is 0.347 e. The molecule has 0 saturated carbocycles. The average molecular weight is 184 g/mol. The van der Waals surface area contributed by atoms with Gasteiger partial charge in [0.15, 0.2) is 0 Å². The SMILES string of the molecule is CC(C)N(C(C)C)P(O)Cl. The van der Waals surface area contributed by atoms with Gasteiger partial charge in [0.1, 0.15) is 0 Å². The maximum atomic E-state index is 9.11. The molecule has 1 unspecified atom stereocenters. The second-order valence-electron chi connectivity index (χ2n) is 2.81. The fourth-order valence-electron chi connectivity index (χ4n) is 0.977. The third kappa shape index (κ3) is 3.16. The van der Waals surface area contributed by atoms with Crippen molar-refractivity contribution < 1.29 is 4.89 Å².